The zero-order valence-corrected chi connectivity index (χ0v) is 9.31. The van der Waals surface area contributed by atoms with Crippen LogP contribution in [-0.2, 0) is 0 Å². The number of halogens is 2. The summed E-state index contributed by atoms with van der Waals surface area (Å²) in [5.41, 5.74) is 0.365. The third kappa shape index (κ3) is 2.53. The summed E-state index contributed by atoms with van der Waals surface area (Å²) < 4.78 is 27.1. The summed E-state index contributed by atoms with van der Waals surface area (Å²) in [6.45, 7) is 0. The fraction of sp³-hybridized carbons (Fsp3) is 0.0714. The molecule has 0 spiro atoms. The Balaban J connectivity index is 2.36. The van der Waals surface area contributed by atoms with Crippen LogP contribution in [0.4, 0.5) is 8.78 Å². The Hall–Kier alpha value is -2.23. The van der Waals surface area contributed by atoms with Crippen molar-refractivity contribution in [3.8, 4) is 0 Å². The van der Waals surface area contributed by atoms with Crippen molar-refractivity contribution < 1.29 is 18.7 Å². The van der Waals surface area contributed by atoms with Gasteiger partial charge in [-0.3, -0.25) is 0 Å². The Morgan fingerprint density at radius 3 is 2.28 bits per heavy atom. The fourth-order valence-corrected chi connectivity index (χ4v) is 1.69. The van der Waals surface area contributed by atoms with Gasteiger partial charge in [0, 0.05) is 0 Å². The minimum atomic E-state index is -1.54. The first-order chi connectivity index (χ1) is 8.58. The van der Waals surface area contributed by atoms with Crippen LogP contribution >= 0.6 is 0 Å². The van der Waals surface area contributed by atoms with Gasteiger partial charge in [0.2, 0.25) is 0 Å². The number of carbonyl (C=O) groups is 1. The van der Waals surface area contributed by atoms with Gasteiger partial charge in [-0.25, -0.2) is 13.6 Å². The summed E-state index contributed by atoms with van der Waals surface area (Å²) in [4.78, 5) is 10.8. The van der Waals surface area contributed by atoms with Crippen molar-refractivity contribution in [3.05, 3.63) is 71.0 Å². The third-order valence-corrected chi connectivity index (χ3v) is 2.57. The number of carboxylic acid groups (broad SMARTS) is 1. The highest BCUT2D eigenvalue weighted by molar-refractivity contribution is 5.87. The molecule has 2 aromatic carbocycles. The highest BCUT2D eigenvalue weighted by Gasteiger charge is 2.14. The van der Waals surface area contributed by atoms with Crippen LogP contribution in [0.1, 0.15) is 27.7 Å². The Labute approximate surface area is 103 Å². The van der Waals surface area contributed by atoms with E-state index in [2.05, 4.69) is 0 Å². The number of benzene rings is 2. The van der Waals surface area contributed by atoms with Crippen molar-refractivity contribution in [1.82, 2.24) is 0 Å². The van der Waals surface area contributed by atoms with E-state index in [1.807, 2.05) is 0 Å². The van der Waals surface area contributed by atoms with Gasteiger partial charge >= 0.3 is 5.97 Å². The first-order valence-electron chi connectivity index (χ1n) is 5.31. The van der Waals surface area contributed by atoms with Gasteiger partial charge in [0.05, 0.1) is 5.56 Å². The predicted molar refractivity (Wildman–Crippen MR) is 62.8 cm³/mol. The number of carboxylic acids is 1. The molecule has 2 nitrogen and oxygen atoms in total. The van der Waals surface area contributed by atoms with E-state index in [9.17, 15) is 13.6 Å². The molecule has 0 aliphatic rings. The molecule has 0 saturated carbocycles. The first-order valence-corrected chi connectivity index (χ1v) is 5.31. The molecular formula is C14H10F2O2. The van der Waals surface area contributed by atoms with Crippen molar-refractivity contribution >= 4 is 5.97 Å². The molecule has 0 fully saturated rings. The molecule has 0 aliphatic carbocycles. The molecule has 0 aromatic heterocycles. The SMILES string of the molecule is O=C(O)c1cccc([C@@H](F)c2cccc(F)c2)c1. The normalized spacial score (nSPS) is 12.1. The highest BCUT2D eigenvalue weighted by atomic mass is 19.1. The van der Waals surface area contributed by atoms with E-state index in [4.69, 9.17) is 5.11 Å². The summed E-state index contributed by atoms with van der Waals surface area (Å²) >= 11 is 0. The maximum absolute atomic E-state index is 14.1. The van der Waals surface area contributed by atoms with E-state index < -0.39 is 18.0 Å². The van der Waals surface area contributed by atoms with Gasteiger partial charge in [0.25, 0.3) is 0 Å². The van der Waals surface area contributed by atoms with Gasteiger partial charge in [-0.05, 0) is 35.4 Å². The van der Waals surface area contributed by atoms with Gasteiger partial charge in [-0.2, -0.15) is 0 Å². The highest BCUT2D eigenvalue weighted by Crippen LogP contribution is 2.27. The molecular weight excluding hydrogens is 238 g/mol. The van der Waals surface area contributed by atoms with Crippen LogP contribution in [0.25, 0.3) is 0 Å². The quantitative estimate of drug-likeness (QED) is 0.901. The number of alkyl halides is 1. The van der Waals surface area contributed by atoms with Crippen molar-refractivity contribution in [3.63, 3.8) is 0 Å². The third-order valence-electron chi connectivity index (χ3n) is 2.57. The van der Waals surface area contributed by atoms with Crippen molar-refractivity contribution in [1.29, 1.82) is 0 Å². The van der Waals surface area contributed by atoms with Gasteiger partial charge in [-0.1, -0.05) is 24.3 Å². The molecule has 0 aliphatic heterocycles. The van der Waals surface area contributed by atoms with Gasteiger partial charge in [-0.15, -0.1) is 0 Å². The lowest BCUT2D eigenvalue weighted by molar-refractivity contribution is 0.0696. The lowest BCUT2D eigenvalue weighted by Crippen LogP contribution is -2.00. The second-order valence-electron chi connectivity index (χ2n) is 3.85. The molecule has 4 heteroatoms. The van der Waals surface area contributed by atoms with Gasteiger partial charge in [0.1, 0.15) is 5.82 Å². The van der Waals surface area contributed by atoms with Crippen LogP contribution in [0, 0.1) is 5.82 Å². The lowest BCUT2D eigenvalue weighted by atomic mass is 10.0. The van der Waals surface area contributed by atoms with Gasteiger partial charge < -0.3 is 5.11 Å². The average Bonchev–Trinajstić information content (AvgIpc) is 2.38. The Morgan fingerprint density at radius 1 is 1.06 bits per heavy atom. The molecule has 2 aromatic rings. The summed E-state index contributed by atoms with van der Waals surface area (Å²) in [6.07, 6.45) is -1.54. The molecule has 0 amide bonds. The van der Waals surface area contributed by atoms with Gasteiger partial charge in [0.15, 0.2) is 6.17 Å². The van der Waals surface area contributed by atoms with E-state index in [1.54, 1.807) is 0 Å². The smallest absolute Gasteiger partial charge is 0.335 e. The molecule has 0 bridgehead atoms. The summed E-state index contributed by atoms with van der Waals surface area (Å²) in [6, 6.07) is 10.8. The van der Waals surface area contributed by atoms with E-state index in [0.717, 1.165) is 6.07 Å². The van der Waals surface area contributed by atoms with Crippen molar-refractivity contribution in [2.45, 2.75) is 6.17 Å². The van der Waals surface area contributed by atoms with E-state index in [0.29, 0.717) is 0 Å². The Morgan fingerprint density at radius 2 is 1.67 bits per heavy atom. The average molecular weight is 248 g/mol. The molecule has 1 atom stereocenters. The van der Waals surface area contributed by atoms with Crippen LogP contribution in [0.2, 0.25) is 0 Å². The largest absolute Gasteiger partial charge is 0.478 e. The summed E-state index contributed by atoms with van der Waals surface area (Å²) in [5, 5.41) is 8.82. The van der Waals surface area contributed by atoms with Crippen LogP contribution in [-0.4, -0.2) is 11.1 Å². The molecule has 2 rings (SSSR count). The van der Waals surface area contributed by atoms with Crippen molar-refractivity contribution in [2.75, 3.05) is 0 Å². The minimum absolute atomic E-state index is 0.00607. The van der Waals surface area contributed by atoms with Crippen LogP contribution < -0.4 is 0 Å². The first kappa shape index (κ1) is 12.2. The zero-order chi connectivity index (χ0) is 13.1. The van der Waals surface area contributed by atoms with E-state index in [-0.39, 0.29) is 16.7 Å². The summed E-state index contributed by atoms with van der Waals surface area (Å²) in [5.74, 6) is -1.65. The molecule has 0 radical (unpaired) electrons. The summed E-state index contributed by atoms with van der Waals surface area (Å²) in [7, 11) is 0. The number of hydrogen-bond donors (Lipinski definition) is 1. The van der Waals surface area contributed by atoms with Crippen molar-refractivity contribution in [2.24, 2.45) is 0 Å². The maximum Gasteiger partial charge on any atom is 0.335 e. The molecule has 1 N–H and O–H groups in total. The lowest BCUT2D eigenvalue weighted by Gasteiger charge is -2.09. The van der Waals surface area contributed by atoms with E-state index >= 15 is 0 Å². The fourth-order valence-electron chi connectivity index (χ4n) is 1.69. The predicted octanol–water partition coefficient (Wildman–Crippen LogP) is 3.58. The molecule has 0 unspecified atom stereocenters. The maximum atomic E-state index is 14.1. The second-order valence-corrected chi connectivity index (χ2v) is 3.85. The number of aromatic carboxylic acids is 1. The molecule has 0 saturated heterocycles. The molecule has 0 heterocycles. The van der Waals surface area contributed by atoms with Crippen LogP contribution in [0.3, 0.4) is 0 Å². The second kappa shape index (κ2) is 4.96. The Kier molecular flexibility index (Phi) is 3.37. The minimum Gasteiger partial charge on any atom is -0.478 e. The molecule has 18 heavy (non-hydrogen) atoms. The Bertz CT molecular complexity index is 582. The van der Waals surface area contributed by atoms with Crippen LogP contribution in [0.15, 0.2) is 48.5 Å². The number of hydrogen-bond acceptors (Lipinski definition) is 1. The molecule has 92 valence electrons. The van der Waals surface area contributed by atoms with E-state index in [1.165, 1.54) is 42.5 Å². The standard InChI is InChI=1S/C14H10F2O2/c15-12-6-2-4-10(8-12)13(16)9-3-1-5-11(7-9)14(17)18/h1-8,13H,(H,17,18)/t13-/m1/s1. The van der Waals surface area contributed by atoms with Crippen LogP contribution in [0.5, 0.6) is 0 Å². The topological polar surface area (TPSA) is 37.3 Å². The zero-order valence-electron chi connectivity index (χ0n) is 9.31. The number of rotatable bonds is 3. The monoisotopic (exact) mass is 248 g/mol.